The molecular weight excluding hydrogens is 458 g/mol. The Labute approximate surface area is 212 Å². The van der Waals surface area contributed by atoms with Gasteiger partial charge in [0.1, 0.15) is 22.8 Å². The third-order valence-electron chi connectivity index (χ3n) is 6.62. The number of phenols is 1. The number of aromatic hydroxyl groups is 1. The molecule has 176 valence electrons. The van der Waals surface area contributed by atoms with E-state index >= 15 is 0 Å². The summed E-state index contributed by atoms with van der Waals surface area (Å²) in [6.07, 6.45) is 1.83. The van der Waals surface area contributed by atoms with Gasteiger partial charge in [0, 0.05) is 40.1 Å². The minimum absolute atomic E-state index is 0.127. The topological polar surface area (TPSA) is 60.2 Å². The summed E-state index contributed by atoms with van der Waals surface area (Å²) in [7, 11) is 0. The number of ether oxygens (including phenoxy) is 1. The van der Waals surface area contributed by atoms with E-state index in [1.165, 1.54) is 0 Å². The zero-order valence-corrected chi connectivity index (χ0v) is 19.7. The van der Waals surface area contributed by atoms with Crippen LogP contribution in [0.5, 0.6) is 17.4 Å². The van der Waals surface area contributed by atoms with E-state index in [1.807, 2.05) is 66.9 Å². The average molecular weight is 480 g/mol. The Balaban J connectivity index is 1.42. The van der Waals surface area contributed by atoms with Crippen molar-refractivity contribution >= 4 is 32.7 Å². The molecule has 0 aliphatic rings. The van der Waals surface area contributed by atoms with Crippen molar-refractivity contribution in [1.29, 1.82) is 0 Å². The summed E-state index contributed by atoms with van der Waals surface area (Å²) in [6, 6.07) is 37.8. The summed E-state index contributed by atoms with van der Waals surface area (Å²) in [4.78, 5) is 9.37. The molecule has 0 unspecified atom stereocenters. The largest absolute Gasteiger partial charge is 0.506 e. The highest BCUT2D eigenvalue weighted by Gasteiger charge is 2.17. The molecule has 7 rings (SSSR count). The van der Waals surface area contributed by atoms with Crippen LogP contribution < -0.4 is 4.74 Å². The Kier molecular flexibility index (Phi) is 4.86. The van der Waals surface area contributed by atoms with Gasteiger partial charge in [0.05, 0.1) is 11.0 Å². The van der Waals surface area contributed by atoms with Gasteiger partial charge < -0.3 is 9.84 Å². The van der Waals surface area contributed by atoms with Crippen molar-refractivity contribution in [3.63, 3.8) is 0 Å². The molecule has 4 aromatic carbocycles. The van der Waals surface area contributed by atoms with Gasteiger partial charge in [0.25, 0.3) is 0 Å². The number of benzene rings is 4. The van der Waals surface area contributed by atoms with E-state index in [0.29, 0.717) is 17.1 Å². The third kappa shape index (κ3) is 3.56. The normalized spacial score (nSPS) is 11.4. The molecule has 0 aliphatic carbocycles. The van der Waals surface area contributed by atoms with Crippen molar-refractivity contribution < 1.29 is 9.84 Å². The van der Waals surface area contributed by atoms with Crippen molar-refractivity contribution in [1.82, 2.24) is 14.5 Å². The fraction of sp³-hybridized carbons (Fsp3) is 0. The molecule has 3 heterocycles. The van der Waals surface area contributed by atoms with Crippen molar-refractivity contribution in [2.75, 3.05) is 0 Å². The second-order valence-electron chi connectivity index (χ2n) is 8.87. The Morgan fingerprint density at radius 3 is 2.43 bits per heavy atom. The standard InChI is InChI=1S/C32H21N3O2/c36-29-14-6-10-22-15-18-30(34-31(22)29)37-23-16-17-26-25-11-4-5-13-27(25)35(28(26)20-23)32-24(12-7-19-33-32)21-8-2-1-3-9-21/h1-20,36H. The van der Waals surface area contributed by atoms with E-state index in [4.69, 9.17) is 9.72 Å². The van der Waals surface area contributed by atoms with E-state index in [2.05, 4.69) is 52.0 Å². The summed E-state index contributed by atoms with van der Waals surface area (Å²) >= 11 is 0. The lowest BCUT2D eigenvalue weighted by atomic mass is 10.1. The molecule has 0 spiro atoms. The van der Waals surface area contributed by atoms with Gasteiger partial charge in [-0.25, -0.2) is 9.97 Å². The van der Waals surface area contributed by atoms with Crippen LogP contribution >= 0.6 is 0 Å². The quantitative estimate of drug-likeness (QED) is 0.279. The van der Waals surface area contributed by atoms with Crippen LogP contribution in [0, 0.1) is 0 Å². The molecule has 0 aliphatic heterocycles. The fourth-order valence-electron chi connectivity index (χ4n) is 4.95. The first kappa shape index (κ1) is 21.1. The van der Waals surface area contributed by atoms with Crippen molar-refractivity contribution in [2.24, 2.45) is 0 Å². The van der Waals surface area contributed by atoms with Gasteiger partial charge >= 0.3 is 0 Å². The van der Waals surface area contributed by atoms with E-state index in [1.54, 1.807) is 12.1 Å². The maximum absolute atomic E-state index is 10.2. The minimum atomic E-state index is 0.127. The molecular formula is C32H21N3O2. The Morgan fingerprint density at radius 2 is 1.51 bits per heavy atom. The second-order valence-corrected chi connectivity index (χ2v) is 8.87. The van der Waals surface area contributed by atoms with Gasteiger partial charge in [0.15, 0.2) is 0 Å². The molecule has 5 heteroatoms. The van der Waals surface area contributed by atoms with Crippen LogP contribution in [-0.2, 0) is 0 Å². The lowest BCUT2D eigenvalue weighted by molar-refractivity contribution is 0.460. The second kappa shape index (κ2) is 8.50. The summed E-state index contributed by atoms with van der Waals surface area (Å²) in [6.45, 7) is 0. The molecule has 0 atom stereocenters. The van der Waals surface area contributed by atoms with Gasteiger partial charge in [-0.3, -0.25) is 4.57 Å². The first-order chi connectivity index (χ1) is 18.3. The van der Waals surface area contributed by atoms with Gasteiger partial charge in [-0.05, 0) is 48.0 Å². The molecule has 0 fully saturated rings. The van der Waals surface area contributed by atoms with Crippen LogP contribution in [-0.4, -0.2) is 19.6 Å². The van der Waals surface area contributed by atoms with Gasteiger partial charge in [-0.15, -0.1) is 0 Å². The van der Waals surface area contributed by atoms with Gasteiger partial charge in [-0.1, -0.05) is 60.7 Å². The highest BCUT2D eigenvalue weighted by molar-refractivity contribution is 6.10. The number of hydrogen-bond acceptors (Lipinski definition) is 4. The van der Waals surface area contributed by atoms with Crippen molar-refractivity contribution in [2.45, 2.75) is 0 Å². The van der Waals surface area contributed by atoms with Crippen molar-refractivity contribution in [3.05, 3.63) is 121 Å². The Bertz CT molecular complexity index is 1930. The zero-order chi connectivity index (χ0) is 24.8. The molecule has 5 nitrogen and oxygen atoms in total. The number of aromatic nitrogens is 3. The first-order valence-corrected chi connectivity index (χ1v) is 12.1. The fourth-order valence-corrected chi connectivity index (χ4v) is 4.95. The zero-order valence-electron chi connectivity index (χ0n) is 19.7. The summed E-state index contributed by atoms with van der Waals surface area (Å²) in [5.74, 6) is 2.04. The minimum Gasteiger partial charge on any atom is -0.506 e. The van der Waals surface area contributed by atoms with Crippen LogP contribution in [0.3, 0.4) is 0 Å². The maximum Gasteiger partial charge on any atom is 0.219 e. The molecule has 0 saturated carbocycles. The van der Waals surface area contributed by atoms with Crippen LogP contribution in [0.4, 0.5) is 0 Å². The van der Waals surface area contributed by atoms with Crippen LogP contribution in [0.2, 0.25) is 0 Å². The summed E-state index contributed by atoms with van der Waals surface area (Å²) < 4.78 is 8.39. The van der Waals surface area contributed by atoms with E-state index in [-0.39, 0.29) is 5.75 Å². The van der Waals surface area contributed by atoms with Crippen LogP contribution in [0.15, 0.2) is 121 Å². The third-order valence-corrected chi connectivity index (χ3v) is 6.62. The molecule has 0 radical (unpaired) electrons. The Hall–Kier alpha value is -5.16. The molecule has 3 aromatic heterocycles. The van der Waals surface area contributed by atoms with E-state index in [9.17, 15) is 5.11 Å². The maximum atomic E-state index is 10.2. The average Bonchev–Trinajstić information content (AvgIpc) is 3.27. The van der Waals surface area contributed by atoms with E-state index < -0.39 is 0 Å². The number of nitrogens with zero attached hydrogens (tertiary/aromatic N) is 3. The van der Waals surface area contributed by atoms with Gasteiger partial charge in [0.2, 0.25) is 5.88 Å². The molecule has 0 saturated heterocycles. The van der Waals surface area contributed by atoms with Gasteiger partial charge in [-0.2, -0.15) is 0 Å². The monoisotopic (exact) mass is 479 g/mol. The predicted molar refractivity (Wildman–Crippen MR) is 147 cm³/mol. The number of hydrogen-bond donors (Lipinski definition) is 1. The molecule has 1 N–H and O–H groups in total. The molecule has 0 amide bonds. The number of para-hydroxylation sites is 2. The highest BCUT2D eigenvalue weighted by Crippen LogP contribution is 2.37. The predicted octanol–water partition coefficient (Wildman–Crippen LogP) is 7.89. The molecule has 7 aromatic rings. The summed E-state index contributed by atoms with van der Waals surface area (Å²) in [5, 5.41) is 13.3. The molecule has 0 bridgehead atoms. The van der Waals surface area contributed by atoms with Crippen LogP contribution in [0.25, 0.3) is 49.7 Å². The smallest absolute Gasteiger partial charge is 0.219 e. The number of phenolic OH excluding ortho intramolecular Hbond substituents is 1. The van der Waals surface area contributed by atoms with Crippen molar-refractivity contribution in [3.8, 4) is 34.3 Å². The highest BCUT2D eigenvalue weighted by atomic mass is 16.5. The first-order valence-electron chi connectivity index (χ1n) is 12.1. The van der Waals surface area contributed by atoms with E-state index in [0.717, 1.165) is 44.1 Å². The number of fused-ring (bicyclic) bond motifs is 4. The lowest BCUT2D eigenvalue weighted by Gasteiger charge is -2.13. The lowest BCUT2D eigenvalue weighted by Crippen LogP contribution is -2.00. The SMILES string of the molecule is Oc1cccc2ccc(Oc3ccc4c5ccccc5n(-c5ncccc5-c5ccccc5)c4c3)nc12. The summed E-state index contributed by atoms with van der Waals surface area (Å²) in [5.41, 5.74) is 4.71. The molecule has 37 heavy (non-hydrogen) atoms. The van der Waals surface area contributed by atoms with Crippen LogP contribution in [0.1, 0.15) is 0 Å². The number of pyridine rings is 2. The Morgan fingerprint density at radius 1 is 0.676 bits per heavy atom. The number of rotatable bonds is 4.